The molecular formula is C17H23FN2O2. The number of carbonyl (C=O) groups is 1. The monoisotopic (exact) mass is 306 g/mol. The molecule has 0 radical (unpaired) electrons. The second-order valence-corrected chi connectivity index (χ2v) is 6.18. The smallest absolute Gasteiger partial charge is 0.234 e. The van der Waals surface area contributed by atoms with Gasteiger partial charge in [0.15, 0.2) is 0 Å². The third-order valence-corrected chi connectivity index (χ3v) is 4.67. The fraction of sp³-hybridized carbons (Fsp3) is 0.588. The third kappa shape index (κ3) is 3.47. The molecule has 2 aliphatic heterocycles. The number of hydrogen-bond acceptors (Lipinski definition) is 3. The molecule has 2 aliphatic rings. The molecule has 0 spiro atoms. The van der Waals surface area contributed by atoms with E-state index in [2.05, 4.69) is 17.1 Å². The van der Waals surface area contributed by atoms with Gasteiger partial charge in [-0.2, -0.15) is 0 Å². The molecule has 1 aromatic rings. The number of hydrogen-bond donors (Lipinski definition) is 1. The van der Waals surface area contributed by atoms with Gasteiger partial charge in [-0.15, -0.1) is 0 Å². The topological polar surface area (TPSA) is 41.6 Å². The molecule has 1 amide bonds. The predicted molar refractivity (Wildman–Crippen MR) is 82.1 cm³/mol. The Hall–Kier alpha value is -1.46. The summed E-state index contributed by atoms with van der Waals surface area (Å²) in [6.07, 6.45) is 3.07. The standard InChI is InChI=1S/C17H23FN2O2/c1-12-16-5-4-14(18)9-13(16)6-7-20(12)11-17(21)19-10-15-3-2-8-22-15/h4-5,9,12,15H,2-3,6-8,10-11H2,1H3,(H,19,21)/t12-,15-/m0/s1. The van der Waals surface area contributed by atoms with E-state index >= 15 is 0 Å². The van der Waals surface area contributed by atoms with E-state index in [0.717, 1.165) is 43.5 Å². The number of rotatable bonds is 4. The van der Waals surface area contributed by atoms with Crippen molar-refractivity contribution in [1.82, 2.24) is 10.2 Å². The van der Waals surface area contributed by atoms with E-state index in [1.807, 2.05) is 6.07 Å². The first-order valence-electron chi connectivity index (χ1n) is 8.04. The van der Waals surface area contributed by atoms with Crippen molar-refractivity contribution in [2.24, 2.45) is 0 Å². The van der Waals surface area contributed by atoms with Crippen LogP contribution in [0.25, 0.3) is 0 Å². The highest BCUT2D eigenvalue weighted by molar-refractivity contribution is 5.78. The fourth-order valence-electron chi connectivity index (χ4n) is 3.34. The van der Waals surface area contributed by atoms with Crippen LogP contribution >= 0.6 is 0 Å². The van der Waals surface area contributed by atoms with E-state index in [4.69, 9.17) is 4.74 Å². The Morgan fingerprint density at radius 2 is 2.36 bits per heavy atom. The Labute approximate surface area is 130 Å². The van der Waals surface area contributed by atoms with Gasteiger partial charge < -0.3 is 10.1 Å². The second kappa shape index (κ2) is 6.75. The highest BCUT2D eigenvalue weighted by Gasteiger charge is 2.26. The number of fused-ring (bicyclic) bond motifs is 1. The molecule has 4 nitrogen and oxygen atoms in total. The lowest BCUT2D eigenvalue weighted by atomic mass is 9.93. The number of ether oxygens (including phenoxy) is 1. The Kier molecular flexibility index (Phi) is 4.74. The van der Waals surface area contributed by atoms with Gasteiger partial charge in [-0.3, -0.25) is 9.69 Å². The van der Waals surface area contributed by atoms with Crippen LogP contribution in [0, 0.1) is 5.82 Å². The Morgan fingerprint density at radius 1 is 1.50 bits per heavy atom. The quantitative estimate of drug-likeness (QED) is 0.925. The van der Waals surface area contributed by atoms with Crippen LogP contribution in [0.15, 0.2) is 18.2 Å². The molecule has 2 atom stereocenters. The van der Waals surface area contributed by atoms with E-state index in [0.29, 0.717) is 13.1 Å². The van der Waals surface area contributed by atoms with Crippen LogP contribution in [-0.2, 0) is 16.0 Å². The summed E-state index contributed by atoms with van der Waals surface area (Å²) in [4.78, 5) is 14.3. The summed E-state index contributed by atoms with van der Waals surface area (Å²) in [6.45, 7) is 4.64. The maximum absolute atomic E-state index is 13.3. The second-order valence-electron chi connectivity index (χ2n) is 6.18. The first-order valence-corrected chi connectivity index (χ1v) is 8.04. The first kappa shape index (κ1) is 15.4. The highest BCUT2D eigenvalue weighted by atomic mass is 19.1. The van der Waals surface area contributed by atoms with E-state index in [-0.39, 0.29) is 23.9 Å². The van der Waals surface area contributed by atoms with E-state index in [1.165, 1.54) is 6.07 Å². The van der Waals surface area contributed by atoms with Crippen LogP contribution in [-0.4, -0.2) is 43.2 Å². The molecule has 0 aliphatic carbocycles. The molecule has 1 saturated heterocycles. The molecule has 1 N–H and O–H groups in total. The van der Waals surface area contributed by atoms with Gasteiger partial charge in [0.2, 0.25) is 5.91 Å². The molecule has 120 valence electrons. The zero-order valence-electron chi connectivity index (χ0n) is 13.0. The molecule has 22 heavy (non-hydrogen) atoms. The van der Waals surface area contributed by atoms with E-state index in [1.54, 1.807) is 6.07 Å². The summed E-state index contributed by atoms with van der Waals surface area (Å²) >= 11 is 0. The lowest BCUT2D eigenvalue weighted by Gasteiger charge is -2.34. The Morgan fingerprint density at radius 3 is 3.14 bits per heavy atom. The van der Waals surface area contributed by atoms with Crippen molar-refractivity contribution >= 4 is 5.91 Å². The zero-order valence-corrected chi connectivity index (χ0v) is 13.0. The average molecular weight is 306 g/mol. The van der Waals surface area contributed by atoms with Crippen LogP contribution < -0.4 is 5.32 Å². The van der Waals surface area contributed by atoms with Gasteiger partial charge in [0.25, 0.3) is 0 Å². The average Bonchev–Trinajstić information content (AvgIpc) is 3.01. The number of halogens is 1. The molecule has 0 aromatic heterocycles. The van der Waals surface area contributed by atoms with Gasteiger partial charge in [-0.1, -0.05) is 6.07 Å². The number of nitrogens with zero attached hydrogens (tertiary/aromatic N) is 1. The summed E-state index contributed by atoms with van der Waals surface area (Å²) in [6, 6.07) is 5.08. The number of carbonyl (C=O) groups excluding carboxylic acids is 1. The van der Waals surface area contributed by atoms with Crippen molar-refractivity contribution in [2.45, 2.75) is 38.3 Å². The minimum atomic E-state index is -0.186. The third-order valence-electron chi connectivity index (χ3n) is 4.67. The minimum absolute atomic E-state index is 0.0351. The van der Waals surface area contributed by atoms with Crippen molar-refractivity contribution in [1.29, 1.82) is 0 Å². The van der Waals surface area contributed by atoms with Crippen LogP contribution in [0.3, 0.4) is 0 Å². The fourth-order valence-corrected chi connectivity index (χ4v) is 3.34. The van der Waals surface area contributed by atoms with Crippen LogP contribution in [0.1, 0.15) is 36.9 Å². The first-order chi connectivity index (χ1) is 10.6. The molecule has 0 unspecified atom stereocenters. The maximum atomic E-state index is 13.3. The van der Waals surface area contributed by atoms with Gasteiger partial charge in [0.1, 0.15) is 5.82 Å². The van der Waals surface area contributed by atoms with Gasteiger partial charge in [0.05, 0.1) is 12.6 Å². The minimum Gasteiger partial charge on any atom is -0.376 e. The normalized spacial score (nSPS) is 25.0. The van der Waals surface area contributed by atoms with Crippen LogP contribution in [0.5, 0.6) is 0 Å². The largest absolute Gasteiger partial charge is 0.376 e. The number of nitrogens with one attached hydrogen (secondary N) is 1. The molecular weight excluding hydrogens is 283 g/mol. The summed E-state index contributed by atoms with van der Waals surface area (Å²) in [5, 5.41) is 2.96. The van der Waals surface area contributed by atoms with Crippen molar-refractivity contribution in [3.63, 3.8) is 0 Å². The maximum Gasteiger partial charge on any atom is 0.234 e. The van der Waals surface area contributed by atoms with Gasteiger partial charge in [-0.05, 0) is 49.4 Å². The lowest BCUT2D eigenvalue weighted by Crippen LogP contribution is -2.43. The van der Waals surface area contributed by atoms with Crippen molar-refractivity contribution in [2.75, 3.05) is 26.2 Å². The van der Waals surface area contributed by atoms with Crippen molar-refractivity contribution in [3.8, 4) is 0 Å². The molecule has 0 bridgehead atoms. The summed E-state index contributed by atoms with van der Waals surface area (Å²) in [7, 11) is 0. The number of amides is 1. The predicted octanol–water partition coefficient (Wildman–Crippen LogP) is 2.04. The SMILES string of the molecule is C[C@H]1c2ccc(F)cc2CCN1CC(=O)NC[C@@H]1CCCO1. The van der Waals surface area contributed by atoms with Gasteiger partial charge in [-0.25, -0.2) is 4.39 Å². The van der Waals surface area contributed by atoms with Crippen molar-refractivity contribution in [3.05, 3.63) is 35.1 Å². The van der Waals surface area contributed by atoms with Gasteiger partial charge in [0, 0.05) is 25.7 Å². The number of benzene rings is 1. The summed E-state index contributed by atoms with van der Waals surface area (Å²) < 4.78 is 18.8. The van der Waals surface area contributed by atoms with E-state index < -0.39 is 0 Å². The van der Waals surface area contributed by atoms with Crippen molar-refractivity contribution < 1.29 is 13.9 Å². The van der Waals surface area contributed by atoms with E-state index in [9.17, 15) is 9.18 Å². The molecule has 2 heterocycles. The zero-order chi connectivity index (χ0) is 15.5. The van der Waals surface area contributed by atoms with Gasteiger partial charge >= 0.3 is 0 Å². The summed E-state index contributed by atoms with van der Waals surface area (Å²) in [5.74, 6) is -0.151. The Balaban J connectivity index is 1.54. The lowest BCUT2D eigenvalue weighted by molar-refractivity contribution is -0.123. The molecule has 3 rings (SSSR count). The molecule has 1 aromatic carbocycles. The molecule has 1 fully saturated rings. The highest BCUT2D eigenvalue weighted by Crippen LogP contribution is 2.29. The Bertz CT molecular complexity index is 543. The molecule has 5 heteroatoms. The van der Waals surface area contributed by atoms with Crippen LogP contribution in [0.2, 0.25) is 0 Å². The van der Waals surface area contributed by atoms with Crippen LogP contribution in [0.4, 0.5) is 4.39 Å². The summed E-state index contributed by atoms with van der Waals surface area (Å²) in [5.41, 5.74) is 2.18. The molecule has 0 saturated carbocycles.